The van der Waals surface area contributed by atoms with E-state index >= 15 is 0 Å². The summed E-state index contributed by atoms with van der Waals surface area (Å²) in [6, 6.07) is 16.5. The SMILES string of the molecule is O=C(Cc1ccccc1)N1CCN(S(=O)(=O)Cc2ccccc2Cl)CC1. The van der Waals surface area contributed by atoms with Crippen molar-refractivity contribution in [2.75, 3.05) is 26.2 Å². The molecule has 138 valence electrons. The Morgan fingerprint density at radius 2 is 1.54 bits per heavy atom. The monoisotopic (exact) mass is 392 g/mol. The summed E-state index contributed by atoms with van der Waals surface area (Å²) in [6.45, 7) is 1.45. The molecule has 0 radical (unpaired) electrons. The van der Waals surface area contributed by atoms with Gasteiger partial charge in [0.2, 0.25) is 15.9 Å². The molecule has 0 spiro atoms. The van der Waals surface area contributed by atoms with Crippen molar-refractivity contribution in [3.05, 3.63) is 70.7 Å². The molecule has 0 N–H and O–H groups in total. The van der Waals surface area contributed by atoms with Gasteiger partial charge in [-0.3, -0.25) is 4.79 Å². The maximum atomic E-state index is 12.6. The summed E-state index contributed by atoms with van der Waals surface area (Å²) in [6.07, 6.45) is 0.340. The predicted molar refractivity (Wildman–Crippen MR) is 102 cm³/mol. The number of rotatable bonds is 5. The first-order chi connectivity index (χ1) is 12.5. The molecule has 2 aromatic carbocycles. The number of piperazine rings is 1. The van der Waals surface area contributed by atoms with Crippen LogP contribution in [0.2, 0.25) is 5.02 Å². The molecule has 5 nitrogen and oxygen atoms in total. The van der Waals surface area contributed by atoms with Gasteiger partial charge in [0, 0.05) is 31.2 Å². The van der Waals surface area contributed by atoms with Crippen molar-refractivity contribution in [3.63, 3.8) is 0 Å². The molecule has 1 saturated heterocycles. The zero-order valence-corrected chi connectivity index (χ0v) is 15.9. The summed E-state index contributed by atoms with van der Waals surface area (Å²) in [5.74, 6) is -0.0932. The minimum Gasteiger partial charge on any atom is -0.340 e. The van der Waals surface area contributed by atoms with Crippen LogP contribution >= 0.6 is 11.6 Å². The number of carbonyl (C=O) groups is 1. The maximum Gasteiger partial charge on any atom is 0.227 e. The van der Waals surface area contributed by atoms with Gasteiger partial charge in [-0.15, -0.1) is 0 Å². The van der Waals surface area contributed by atoms with Crippen molar-refractivity contribution in [2.24, 2.45) is 0 Å². The number of benzene rings is 2. The van der Waals surface area contributed by atoms with E-state index in [0.29, 0.717) is 43.2 Å². The Morgan fingerprint density at radius 1 is 0.923 bits per heavy atom. The minimum absolute atomic E-state index is 0.0272. The van der Waals surface area contributed by atoms with E-state index in [0.717, 1.165) is 5.56 Å². The van der Waals surface area contributed by atoms with E-state index in [1.807, 2.05) is 30.3 Å². The first kappa shape index (κ1) is 18.9. The molecule has 0 saturated carbocycles. The topological polar surface area (TPSA) is 57.7 Å². The van der Waals surface area contributed by atoms with Crippen LogP contribution in [0.1, 0.15) is 11.1 Å². The van der Waals surface area contributed by atoms with Gasteiger partial charge in [0.1, 0.15) is 0 Å². The molecule has 3 rings (SSSR count). The van der Waals surface area contributed by atoms with Crippen LogP contribution in [-0.4, -0.2) is 49.7 Å². The van der Waals surface area contributed by atoms with Crippen LogP contribution in [0, 0.1) is 0 Å². The maximum absolute atomic E-state index is 12.6. The molecule has 7 heteroatoms. The van der Waals surface area contributed by atoms with Crippen LogP contribution in [0.4, 0.5) is 0 Å². The lowest BCUT2D eigenvalue weighted by Gasteiger charge is -2.34. The Hall–Kier alpha value is -1.89. The molecule has 1 heterocycles. The zero-order chi connectivity index (χ0) is 18.6. The summed E-state index contributed by atoms with van der Waals surface area (Å²) < 4.78 is 26.7. The van der Waals surface area contributed by atoms with E-state index in [1.54, 1.807) is 29.2 Å². The number of hydrogen-bond donors (Lipinski definition) is 0. The highest BCUT2D eigenvalue weighted by atomic mass is 35.5. The minimum atomic E-state index is -3.46. The van der Waals surface area contributed by atoms with Gasteiger partial charge in [0.25, 0.3) is 0 Å². The normalized spacial score (nSPS) is 15.8. The Balaban J connectivity index is 1.57. The lowest BCUT2D eigenvalue weighted by molar-refractivity contribution is -0.131. The smallest absolute Gasteiger partial charge is 0.227 e. The van der Waals surface area contributed by atoms with Crippen molar-refractivity contribution in [2.45, 2.75) is 12.2 Å². The van der Waals surface area contributed by atoms with Crippen LogP contribution < -0.4 is 0 Å². The molecule has 1 aliphatic heterocycles. The predicted octanol–water partition coefficient (Wildman–Crippen LogP) is 2.56. The van der Waals surface area contributed by atoms with E-state index < -0.39 is 10.0 Å². The second kappa shape index (κ2) is 8.20. The second-order valence-corrected chi connectivity index (χ2v) is 8.67. The van der Waals surface area contributed by atoms with E-state index in [1.165, 1.54) is 4.31 Å². The number of nitrogens with zero attached hydrogens (tertiary/aromatic N) is 2. The third kappa shape index (κ3) is 4.63. The number of amides is 1. The average molecular weight is 393 g/mol. The molecule has 1 aliphatic rings. The van der Waals surface area contributed by atoms with Crippen LogP contribution in [0.25, 0.3) is 0 Å². The lowest BCUT2D eigenvalue weighted by Crippen LogP contribution is -2.51. The van der Waals surface area contributed by atoms with Gasteiger partial charge in [-0.25, -0.2) is 8.42 Å². The molecule has 0 bridgehead atoms. The van der Waals surface area contributed by atoms with E-state index in [4.69, 9.17) is 11.6 Å². The largest absolute Gasteiger partial charge is 0.340 e. The van der Waals surface area contributed by atoms with Crippen molar-refractivity contribution >= 4 is 27.5 Å². The summed E-state index contributed by atoms with van der Waals surface area (Å²) in [4.78, 5) is 14.1. The summed E-state index contributed by atoms with van der Waals surface area (Å²) in [7, 11) is -3.46. The number of halogens is 1. The van der Waals surface area contributed by atoms with Gasteiger partial charge in [0.05, 0.1) is 12.2 Å². The molecular weight excluding hydrogens is 372 g/mol. The third-order valence-corrected chi connectivity index (χ3v) is 6.68. The molecule has 0 unspecified atom stereocenters. The Kier molecular flexibility index (Phi) is 5.96. The fourth-order valence-corrected chi connectivity index (χ4v) is 4.83. The van der Waals surface area contributed by atoms with E-state index in [-0.39, 0.29) is 11.7 Å². The fraction of sp³-hybridized carbons (Fsp3) is 0.316. The van der Waals surface area contributed by atoms with Crippen molar-refractivity contribution in [1.29, 1.82) is 0 Å². The quantitative estimate of drug-likeness (QED) is 0.785. The summed E-state index contributed by atoms with van der Waals surface area (Å²) in [5.41, 5.74) is 1.56. The first-order valence-electron chi connectivity index (χ1n) is 8.48. The standard InChI is InChI=1S/C19H21ClN2O3S/c20-18-9-5-4-8-17(18)15-26(24,25)22-12-10-21(11-13-22)19(23)14-16-6-2-1-3-7-16/h1-9H,10-15H2. The van der Waals surface area contributed by atoms with Crippen LogP contribution in [0.3, 0.4) is 0 Å². The molecule has 1 amide bonds. The first-order valence-corrected chi connectivity index (χ1v) is 10.5. The highest BCUT2D eigenvalue weighted by molar-refractivity contribution is 7.88. The van der Waals surface area contributed by atoms with Crippen LogP contribution in [-0.2, 0) is 27.0 Å². The van der Waals surface area contributed by atoms with Gasteiger partial charge in [-0.1, -0.05) is 60.1 Å². The summed E-state index contributed by atoms with van der Waals surface area (Å²) in [5, 5.41) is 0.452. The molecule has 0 atom stereocenters. The van der Waals surface area contributed by atoms with Gasteiger partial charge in [-0.2, -0.15) is 4.31 Å². The molecule has 2 aromatic rings. The third-order valence-electron chi connectivity index (χ3n) is 4.48. The van der Waals surface area contributed by atoms with Gasteiger partial charge < -0.3 is 4.90 Å². The fourth-order valence-electron chi connectivity index (χ4n) is 3.00. The van der Waals surface area contributed by atoms with Crippen molar-refractivity contribution in [1.82, 2.24) is 9.21 Å². The van der Waals surface area contributed by atoms with Crippen molar-refractivity contribution < 1.29 is 13.2 Å². The van der Waals surface area contributed by atoms with Gasteiger partial charge in [-0.05, 0) is 17.2 Å². The molecule has 0 aliphatic carbocycles. The number of hydrogen-bond acceptors (Lipinski definition) is 3. The second-order valence-electron chi connectivity index (χ2n) is 6.29. The van der Waals surface area contributed by atoms with Crippen LogP contribution in [0.5, 0.6) is 0 Å². The molecule has 0 aromatic heterocycles. The molecule has 1 fully saturated rings. The highest BCUT2D eigenvalue weighted by Crippen LogP contribution is 2.20. The Morgan fingerprint density at radius 3 is 2.19 bits per heavy atom. The number of carbonyl (C=O) groups excluding carboxylic acids is 1. The number of sulfonamides is 1. The molecular formula is C19H21ClN2O3S. The lowest BCUT2D eigenvalue weighted by atomic mass is 10.1. The van der Waals surface area contributed by atoms with Gasteiger partial charge >= 0.3 is 0 Å². The molecule has 26 heavy (non-hydrogen) atoms. The summed E-state index contributed by atoms with van der Waals surface area (Å²) >= 11 is 6.08. The average Bonchev–Trinajstić information content (AvgIpc) is 2.64. The van der Waals surface area contributed by atoms with E-state index in [9.17, 15) is 13.2 Å². The Labute approximate surface area is 159 Å². The highest BCUT2D eigenvalue weighted by Gasteiger charge is 2.29. The Bertz CT molecular complexity index is 863. The van der Waals surface area contributed by atoms with Crippen molar-refractivity contribution in [3.8, 4) is 0 Å². The van der Waals surface area contributed by atoms with E-state index in [2.05, 4.69) is 0 Å². The van der Waals surface area contributed by atoms with Gasteiger partial charge in [0.15, 0.2) is 0 Å². The zero-order valence-electron chi connectivity index (χ0n) is 14.3. The van der Waals surface area contributed by atoms with Crippen LogP contribution in [0.15, 0.2) is 54.6 Å².